The van der Waals surface area contributed by atoms with Crippen LogP contribution in [0, 0.1) is 0 Å². The average Bonchev–Trinajstić information content (AvgIpc) is 3.45. The second-order valence-electron chi connectivity index (χ2n) is 21.6. The molecule has 8 rings (SSSR count). The Morgan fingerprint density at radius 3 is 0.880 bits per heavy atom. The first kappa shape index (κ1) is 56.5. The Kier molecular flexibility index (Phi) is 23.3. The fraction of sp³-hybridized carbons (Fsp3) is 0.444. The molecule has 75 heavy (non-hydrogen) atoms. The zero-order chi connectivity index (χ0) is 51.9. The molecule has 8 aromatic rings. The predicted octanol–water partition coefficient (Wildman–Crippen LogP) is 24.0. The third-order valence-electron chi connectivity index (χ3n) is 15.9. The highest BCUT2D eigenvalue weighted by atomic mass is 32.2. The lowest BCUT2D eigenvalue weighted by Gasteiger charge is -2.25. The van der Waals surface area contributed by atoms with Crippen molar-refractivity contribution >= 4 is 66.6 Å². The molecule has 3 heteroatoms. The molecule has 0 fully saturated rings. The number of hydrogen-bond donors (Lipinski definition) is 0. The second-order valence-corrected chi connectivity index (χ2v) is 23.9. The third kappa shape index (κ3) is 15.3. The van der Waals surface area contributed by atoms with Crippen LogP contribution in [0.2, 0.25) is 0 Å². The van der Waals surface area contributed by atoms with Crippen LogP contribution >= 0.6 is 23.5 Å². The lowest BCUT2D eigenvalue weighted by molar-refractivity contribution is 0.471. The van der Waals surface area contributed by atoms with E-state index in [9.17, 15) is 0 Å². The first-order valence-electron chi connectivity index (χ1n) is 30.3. The minimum absolute atomic E-state index is 1.04. The zero-order valence-corrected chi connectivity index (χ0v) is 48.4. The van der Waals surface area contributed by atoms with E-state index in [1.807, 2.05) is 23.5 Å². The summed E-state index contributed by atoms with van der Waals surface area (Å²) in [4.78, 5) is 4.86. The highest BCUT2D eigenvalue weighted by Gasteiger charge is 2.26. The van der Waals surface area contributed by atoms with Gasteiger partial charge in [-0.05, 0) is 142 Å². The summed E-state index contributed by atoms with van der Waals surface area (Å²) < 4.78 is 8.32. The van der Waals surface area contributed by atoms with Gasteiger partial charge in [0.1, 0.15) is 11.5 Å². The van der Waals surface area contributed by atoms with Gasteiger partial charge in [-0.1, -0.05) is 277 Å². The first-order valence-corrected chi connectivity index (χ1v) is 31.9. The topological polar surface area (TPSA) is 9.23 Å². The van der Waals surface area contributed by atoms with E-state index in [1.165, 1.54) is 239 Å². The van der Waals surface area contributed by atoms with Crippen molar-refractivity contribution in [2.45, 2.75) is 227 Å². The van der Waals surface area contributed by atoms with Gasteiger partial charge in [-0.3, -0.25) is 0 Å². The summed E-state index contributed by atoms with van der Waals surface area (Å²) >= 11 is 3.74. The highest BCUT2D eigenvalue weighted by Crippen LogP contribution is 2.52. The molecule has 0 saturated heterocycles. The maximum atomic E-state index is 8.32. The van der Waals surface area contributed by atoms with E-state index in [2.05, 4.69) is 161 Å². The van der Waals surface area contributed by atoms with Crippen LogP contribution in [0.15, 0.2) is 153 Å². The molecule has 0 aliphatic heterocycles. The first-order chi connectivity index (χ1) is 37.1. The van der Waals surface area contributed by atoms with Crippen molar-refractivity contribution in [3.05, 3.63) is 156 Å². The van der Waals surface area contributed by atoms with Gasteiger partial charge in [0.2, 0.25) is 0 Å². The summed E-state index contributed by atoms with van der Waals surface area (Å²) in [6.07, 6.45) is 34.9. The molecule has 396 valence electrons. The minimum Gasteiger partial charge on any atom is -0.454 e. The molecular weight excluding hydrogens is 945 g/mol. The minimum atomic E-state index is 1.04. The van der Waals surface area contributed by atoms with Gasteiger partial charge < -0.3 is 4.74 Å². The molecule has 0 saturated carbocycles. The molecule has 0 aromatic heterocycles. The number of unbranched alkanes of at least 4 members (excludes halogenated alkanes) is 20. The molecule has 0 aliphatic carbocycles. The van der Waals surface area contributed by atoms with E-state index in [4.69, 9.17) is 4.74 Å². The molecule has 8 aromatic carbocycles. The van der Waals surface area contributed by atoms with E-state index < -0.39 is 0 Å². The predicted molar refractivity (Wildman–Crippen MR) is 332 cm³/mol. The van der Waals surface area contributed by atoms with Crippen molar-refractivity contribution < 1.29 is 4.74 Å². The van der Waals surface area contributed by atoms with Gasteiger partial charge in [-0.2, -0.15) is 0 Å². The number of ether oxygens (including phenoxy) is 1. The van der Waals surface area contributed by atoms with Gasteiger partial charge in [0, 0.05) is 20.6 Å². The summed E-state index contributed by atoms with van der Waals surface area (Å²) in [6, 6.07) is 50.9. The van der Waals surface area contributed by atoms with Crippen molar-refractivity contribution in [3.63, 3.8) is 0 Å². The number of aryl methyl sites for hydroxylation is 4. The van der Waals surface area contributed by atoms with E-state index in [0.29, 0.717) is 0 Å². The van der Waals surface area contributed by atoms with Gasteiger partial charge in [-0.25, -0.2) is 0 Å². The molecule has 1 nitrogen and oxygen atoms in total. The second kappa shape index (κ2) is 30.9. The van der Waals surface area contributed by atoms with Crippen LogP contribution < -0.4 is 4.74 Å². The molecule has 0 atom stereocenters. The van der Waals surface area contributed by atoms with Crippen molar-refractivity contribution in [1.29, 1.82) is 0 Å². The van der Waals surface area contributed by atoms with E-state index in [0.717, 1.165) is 37.2 Å². The van der Waals surface area contributed by atoms with E-state index >= 15 is 0 Å². The van der Waals surface area contributed by atoms with Crippen LogP contribution in [-0.4, -0.2) is 0 Å². The molecule has 0 heterocycles. The van der Waals surface area contributed by atoms with Crippen molar-refractivity contribution in [3.8, 4) is 11.5 Å². The van der Waals surface area contributed by atoms with Gasteiger partial charge in [-0.15, -0.1) is 0 Å². The summed E-state index contributed by atoms with van der Waals surface area (Å²) in [6.45, 7) is 9.30. The van der Waals surface area contributed by atoms with E-state index in [-0.39, 0.29) is 0 Å². The Bertz CT molecular complexity index is 2770. The van der Waals surface area contributed by atoms with Crippen LogP contribution in [0.3, 0.4) is 0 Å². The summed E-state index contributed by atoms with van der Waals surface area (Å²) in [7, 11) is 0. The van der Waals surface area contributed by atoms with Gasteiger partial charge in [0.25, 0.3) is 0 Å². The quantitative estimate of drug-likeness (QED) is 0.0294. The van der Waals surface area contributed by atoms with Gasteiger partial charge in [0.05, 0.1) is 9.79 Å². The number of fused-ring (bicyclic) bond motifs is 4. The molecule has 0 unspecified atom stereocenters. The fourth-order valence-electron chi connectivity index (χ4n) is 11.9. The van der Waals surface area contributed by atoms with Gasteiger partial charge >= 0.3 is 0 Å². The number of rotatable bonds is 34. The van der Waals surface area contributed by atoms with Crippen LogP contribution in [-0.2, 0) is 25.7 Å². The van der Waals surface area contributed by atoms with Crippen LogP contribution in [0.4, 0.5) is 0 Å². The normalized spacial score (nSPS) is 11.7. The Labute approximate surface area is 462 Å². The molecule has 0 aliphatic rings. The van der Waals surface area contributed by atoms with Gasteiger partial charge in [0.15, 0.2) is 0 Å². The standard InChI is InChI=1S/C72H90OS2/c1-5-9-13-17-21-31-43-61-57-45-35-37-47-59(57)63(49-33-23-19-15-11-7-3)69-65(61)51-53-67(74-55-39-27-25-28-40-55)71(69)73-72-68(75-56-41-29-26-30-42-56)54-52-66-62(44-32-22-18-14-10-6-2)58-46-36-38-48-60(58)64(70(66)72)50-34-24-20-16-12-8-4/h25-30,35-42,45-48,51-54H,5-24,31-34,43-44,49-50H2,1-4H3. The molecule has 0 radical (unpaired) electrons. The molecule has 0 amide bonds. The smallest absolute Gasteiger partial charge is 0.149 e. The molecule has 0 N–H and O–H groups in total. The van der Waals surface area contributed by atoms with Crippen LogP contribution in [0.5, 0.6) is 11.5 Å². The highest BCUT2D eigenvalue weighted by molar-refractivity contribution is 7.99. The molecule has 0 bridgehead atoms. The Hall–Kier alpha value is -4.70. The Morgan fingerprint density at radius 1 is 0.267 bits per heavy atom. The van der Waals surface area contributed by atoms with Crippen molar-refractivity contribution in [1.82, 2.24) is 0 Å². The number of hydrogen-bond acceptors (Lipinski definition) is 3. The monoisotopic (exact) mass is 1030 g/mol. The van der Waals surface area contributed by atoms with Crippen LogP contribution in [0.25, 0.3) is 43.1 Å². The van der Waals surface area contributed by atoms with E-state index in [1.54, 1.807) is 0 Å². The lowest BCUT2D eigenvalue weighted by Crippen LogP contribution is -2.03. The largest absolute Gasteiger partial charge is 0.454 e. The van der Waals surface area contributed by atoms with Crippen molar-refractivity contribution in [2.24, 2.45) is 0 Å². The number of benzene rings is 8. The maximum Gasteiger partial charge on any atom is 0.149 e. The third-order valence-corrected chi connectivity index (χ3v) is 18.0. The Balaban J connectivity index is 1.40. The van der Waals surface area contributed by atoms with Crippen molar-refractivity contribution in [2.75, 3.05) is 0 Å². The zero-order valence-electron chi connectivity index (χ0n) is 46.7. The fourth-order valence-corrected chi connectivity index (χ4v) is 13.7. The summed E-state index contributed by atoms with van der Waals surface area (Å²) in [5.74, 6) is 2.08. The Morgan fingerprint density at radius 2 is 0.547 bits per heavy atom. The average molecular weight is 1040 g/mol. The molecular formula is C72H90OS2. The van der Waals surface area contributed by atoms with Crippen LogP contribution in [0.1, 0.15) is 204 Å². The summed E-state index contributed by atoms with van der Waals surface area (Å²) in [5.41, 5.74) is 5.92. The molecule has 0 spiro atoms. The lowest BCUT2D eigenvalue weighted by atomic mass is 9.86. The SMILES string of the molecule is CCCCCCCCc1c2ccccc2c(CCCCCCCC)c2c(Oc3c(Sc4ccccc4)ccc4c(CCCCCCCC)c5ccccc5c(CCCCCCCC)c34)c(Sc3ccccc3)ccc12. The maximum absolute atomic E-state index is 8.32. The summed E-state index contributed by atoms with van der Waals surface area (Å²) in [5, 5.41) is 11.1.